The summed E-state index contributed by atoms with van der Waals surface area (Å²) in [5.74, 6) is 0.331. The quantitative estimate of drug-likeness (QED) is 0.652. The van der Waals surface area contributed by atoms with Gasteiger partial charge in [0.05, 0.1) is 5.56 Å². The highest BCUT2D eigenvalue weighted by Gasteiger charge is 2.21. The minimum Gasteiger partial charge on any atom is -0.449 e. The van der Waals surface area contributed by atoms with Gasteiger partial charge in [-0.05, 0) is 68.5 Å². The summed E-state index contributed by atoms with van der Waals surface area (Å²) in [4.78, 5) is 12.4. The Morgan fingerprint density at radius 2 is 1.85 bits per heavy atom. The summed E-state index contributed by atoms with van der Waals surface area (Å²) < 4.78 is 11.2. The van der Waals surface area contributed by atoms with Gasteiger partial charge in [0.15, 0.2) is 6.10 Å². The maximum atomic E-state index is 12.4. The Morgan fingerprint density at radius 3 is 2.65 bits per heavy atom. The van der Waals surface area contributed by atoms with Crippen molar-refractivity contribution in [3.8, 4) is 11.5 Å². The number of benzene rings is 2. The second-order valence-electron chi connectivity index (χ2n) is 6.70. The van der Waals surface area contributed by atoms with Crippen LogP contribution >= 0.6 is 0 Å². The average molecular weight is 348 g/mol. The Labute approximate surface area is 152 Å². The van der Waals surface area contributed by atoms with E-state index in [9.17, 15) is 4.79 Å². The fraction of sp³-hybridized carbons (Fsp3) is 0.286. The van der Waals surface area contributed by atoms with E-state index >= 15 is 0 Å². The van der Waals surface area contributed by atoms with Crippen molar-refractivity contribution in [1.82, 2.24) is 10.2 Å². The number of aromatic nitrogens is 2. The second kappa shape index (κ2) is 6.75. The summed E-state index contributed by atoms with van der Waals surface area (Å²) in [5, 5.41) is 8.08. The number of esters is 1. The van der Waals surface area contributed by atoms with Crippen molar-refractivity contribution in [2.75, 3.05) is 0 Å². The van der Waals surface area contributed by atoms with Crippen LogP contribution in [0.5, 0.6) is 0 Å². The molecule has 3 aromatic rings. The molecule has 1 atom stereocenters. The van der Waals surface area contributed by atoms with E-state index in [4.69, 9.17) is 9.15 Å². The molecule has 1 aliphatic carbocycles. The van der Waals surface area contributed by atoms with Gasteiger partial charge < -0.3 is 9.15 Å². The monoisotopic (exact) mass is 348 g/mol. The molecule has 0 unspecified atom stereocenters. The molecule has 132 valence electrons. The molecule has 0 N–H and O–H groups in total. The van der Waals surface area contributed by atoms with Crippen LogP contribution in [0.1, 0.15) is 52.4 Å². The van der Waals surface area contributed by atoms with Gasteiger partial charge in [0.25, 0.3) is 5.89 Å². The van der Waals surface area contributed by atoms with Crippen LogP contribution in [0.3, 0.4) is 0 Å². The van der Waals surface area contributed by atoms with Crippen LogP contribution in [0, 0.1) is 6.92 Å². The molecule has 1 heterocycles. The zero-order valence-electron chi connectivity index (χ0n) is 14.9. The van der Waals surface area contributed by atoms with Crippen LogP contribution in [0.4, 0.5) is 0 Å². The number of rotatable bonds is 4. The molecule has 5 heteroatoms. The van der Waals surface area contributed by atoms with Crippen molar-refractivity contribution in [2.24, 2.45) is 0 Å². The predicted molar refractivity (Wildman–Crippen MR) is 96.8 cm³/mol. The number of hydrogen-bond acceptors (Lipinski definition) is 5. The SMILES string of the molecule is Cc1ccc(-c2nnc([C@@H](C)OC(=O)c3ccc4c(c3)CCC4)o2)cc1. The molecular weight excluding hydrogens is 328 g/mol. The number of aryl methyl sites for hydroxylation is 3. The van der Waals surface area contributed by atoms with Gasteiger partial charge >= 0.3 is 5.97 Å². The highest BCUT2D eigenvalue weighted by molar-refractivity contribution is 5.90. The molecule has 0 fully saturated rings. The third-order valence-electron chi connectivity index (χ3n) is 4.70. The lowest BCUT2D eigenvalue weighted by molar-refractivity contribution is 0.0280. The fourth-order valence-corrected chi connectivity index (χ4v) is 3.19. The number of hydrogen-bond donors (Lipinski definition) is 0. The van der Waals surface area contributed by atoms with E-state index in [1.165, 1.54) is 11.1 Å². The minimum absolute atomic E-state index is 0.287. The average Bonchev–Trinajstić information content (AvgIpc) is 3.31. The summed E-state index contributed by atoms with van der Waals surface area (Å²) in [7, 11) is 0. The standard InChI is InChI=1S/C21H20N2O3/c1-13-6-8-16(9-7-13)20-23-22-19(26-20)14(2)25-21(24)18-11-10-15-4-3-5-17(15)12-18/h6-12,14H,3-5H2,1-2H3/t14-/m1/s1. The highest BCUT2D eigenvalue weighted by atomic mass is 16.6. The van der Waals surface area contributed by atoms with Gasteiger partial charge in [0.1, 0.15) is 0 Å². The molecule has 26 heavy (non-hydrogen) atoms. The number of carbonyl (C=O) groups excluding carboxylic acids is 1. The third kappa shape index (κ3) is 3.25. The van der Waals surface area contributed by atoms with Crippen LogP contribution in [-0.2, 0) is 17.6 Å². The molecule has 5 nitrogen and oxygen atoms in total. The van der Waals surface area contributed by atoms with Gasteiger partial charge in [0.2, 0.25) is 5.89 Å². The van der Waals surface area contributed by atoms with Crippen LogP contribution in [0.25, 0.3) is 11.5 Å². The van der Waals surface area contributed by atoms with E-state index in [1.54, 1.807) is 6.92 Å². The zero-order chi connectivity index (χ0) is 18.1. The highest BCUT2D eigenvalue weighted by Crippen LogP contribution is 2.26. The Kier molecular flexibility index (Phi) is 4.29. The summed E-state index contributed by atoms with van der Waals surface area (Å²) in [6.45, 7) is 3.75. The Balaban J connectivity index is 1.47. The molecule has 2 aromatic carbocycles. The number of ether oxygens (including phenoxy) is 1. The van der Waals surface area contributed by atoms with E-state index < -0.39 is 6.10 Å². The molecule has 0 spiro atoms. The zero-order valence-corrected chi connectivity index (χ0v) is 14.9. The van der Waals surface area contributed by atoms with E-state index in [-0.39, 0.29) is 11.9 Å². The number of nitrogens with zero attached hydrogens (tertiary/aromatic N) is 2. The first-order valence-corrected chi connectivity index (χ1v) is 8.83. The summed E-state index contributed by atoms with van der Waals surface area (Å²) in [6, 6.07) is 13.6. The maximum absolute atomic E-state index is 12.4. The van der Waals surface area contributed by atoms with Crippen molar-refractivity contribution in [3.63, 3.8) is 0 Å². The van der Waals surface area contributed by atoms with Gasteiger partial charge in [-0.2, -0.15) is 0 Å². The molecule has 0 radical (unpaired) electrons. The van der Waals surface area contributed by atoms with Crippen LogP contribution in [-0.4, -0.2) is 16.2 Å². The second-order valence-corrected chi connectivity index (χ2v) is 6.70. The molecule has 0 aliphatic heterocycles. The lowest BCUT2D eigenvalue weighted by Gasteiger charge is -2.10. The topological polar surface area (TPSA) is 65.2 Å². The fourth-order valence-electron chi connectivity index (χ4n) is 3.19. The Hall–Kier alpha value is -2.95. The lowest BCUT2D eigenvalue weighted by atomic mass is 10.1. The van der Waals surface area contributed by atoms with Crippen LogP contribution in [0.15, 0.2) is 46.9 Å². The third-order valence-corrected chi connectivity index (χ3v) is 4.70. The van der Waals surface area contributed by atoms with Crippen molar-refractivity contribution in [3.05, 3.63) is 70.6 Å². The van der Waals surface area contributed by atoms with Gasteiger partial charge in [-0.1, -0.05) is 23.8 Å². The minimum atomic E-state index is -0.609. The van der Waals surface area contributed by atoms with E-state index in [2.05, 4.69) is 10.2 Å². The Morgan fingerprint density at radius 1 is 1.08 bits per heavy atom. The van der Waals surface area contributed by atoms with E-state index in [0.717, 1.165) is 30.4 Å². The summed E-state index contributed by atoms with van der Waals surface area (Å²) in [6.07, 6.45) is 2.65. The first-order chi connectivity index (χ1) is 12.6. The Bertz CT molecular complexity index is 944. The van der Waals surface area contributed by atoms with Gasteiger partial charge in [-0.15, -0.1) is 10.2 Å². The summed E-state index contributed by atoms with van der Waals surface area (Å²) in [5.41, 5.74) is 5.13. The lowest BCUT2D eigenvalue weighted by Crippen LogP contribution is -2.10. The van der Waals surface area contributed by atoms with Crippen molar-refractivity contribution in [2.45, 2.75) is 39.2 Å². The first kappa shape index (κ1) is 16.5. The number of carbonyl (C=O) groups is 1. The van der Waals surface area contributed by atoms with Crippen molar-refractivity contribution < 1.29 is 13.9 Å². The largest absolute Gasteiger partial charge is 0.449 e. The molecular formula is C21H20N2O3. The maximum Gasteiger partial charge on any atom is 0.338 e. The predicted octanol–water partition coefficient (Wildman–Crippen LogP) is 4.45. The van der Waals surface area contributed by atoms with E-state index in [1.807, 2.05) is 49.4 Å². The smallest absolute Gasteiger partial charge is 0.338 e. The van der Waals surface area contributed by atoms with Crippen LogP contribution in [0.2, 0.25) is 0 Å². The van der Waals surface area contributed by atoms with Crippen molar-refractivity contribution in [1.29, 1.82) is 0 Å². The molecule has 0 amide bonds. The molecule has 1 aliphatic rings. The molecule has 0 bridgehead atoms. The van der Waals surface area contributed by atoms with Gasteiger partial charge in [0, 0.05) is 5.56 Å². The molecule has 0 saturated heterocycles. The van der Waals surface area contributed by atoms with Crippen LogP contribution < -0.4 is 0 Å². The first-order valence-electron chi connectivity index (χ1n) is 8.83. The van der Waals surface area contributed by atoms with Gasteiger partial charge in [-0.25, -0.2) is 4.79 Å². The molecule has 4 rings (SSSR count). The number of fused-ring (bicyclic) bond motifs is 1. The molecule has 0 saturated carbocycles. The van der Waals surface area contributed by atoms with E-state index in [0.29, 0.717) is 11.5 Å². The van der Waals surface area contributed by atoms with Crippen molar-refractivity contribution >= 4 is 5.97 Å². The normalized spacial score (nSPS) is 14.1. The van der Waals surface area contributed by atoms with Gasteiger partial charge in [-0.3, -0.25) is 0 Å². The summed E-state index contributed by atoms with van der Waals surface area (Å²) >= 11 is 0. The molecule has 1 aromatic heterocycles.